The molecule has 2 rings (SSSR count). The van der Waals surface area contributed by atoms with Crippen molar-refractivity contribution in [2.75, 3.05) is 14.2 Å². The summed E-state index contributed by atoms with van der Waals surface area (Å²) in [7, 11) is 3.10. The number of methoxy groups -OCH3 is 2. The Labute approximate surface area is 131 Å². The van der Waals surface area contributed by atoms with Crippen LogP contribution in [0.2, 0.25) is 0 Å². The quantitative estimate of drug-likeness (QED) is 0.701. The van der Waals surface area contributed by atoms with Crippen LogP contribution in [0.5, 0.6) is 11.5 Å². The predicted octanol–water partition coefficient (Wildman–Crippen LogP) is 4.52. The highest BCUT2D eigenvalue weighted by atomic mass is 79.9. The average Bonchev–Trinajstić information content (AvgIpc) is 2.76. The van der Waals surface area contributed by atoms with E-state index >= 15 is 0 Å². The number of hydrogen-bond donors (Lipinski definition) is 0. The van der Waals surface area contributed by atoms with E-state index in [9.17, 15) is 4.79 Å². The van der Waals surface area contributed by atoms with Gasteiger partial charge >= 0.3 is 0 Å². The van der Waals surface area contributed by atoms with Gasteiger partial charge in [0.2, 0.25) is 0 Å². The van der Waals surface area contributed by atoms with Gasteiger partial charge in [0.25, 0.3) is 0 Å². The lowest BCUT2D eigenvalue weighted by Crippen LogP contribution is -2.04. The van der Waals surface area contributed by atoms with E-state index in [1.165, 1.54) is 18.4 Å². The summed E-state index contributed by atoms with van der Waals surface area (Å²) in [4.78, 5) is 12.5. The minimum Gasteiger partial charge on any atom is -0.497 e. The van der Waals surface area contributed by atoms with Crippen molar-refractivity contribution in [3.63, 3.8) is 0 Å². The van der Waals surface area contributed by atoms with E-state index in [-0.39, 0.29) is 5.78 Å². The number of benzene rings is 1. The normalized spacial score (nSPS) is 10.3. The van der Waals surface area contributed by atoms with Crippen LogP contribution in [0.3, 0.4) is 0 Å². The fourth-order valence-corrected chi connectivity index (χ4v) is 4.43. The van der Waals surface area contributed by atoms with Gasteiger partial charge in [0.05, 0.1) is 27.4 Å². The van der Waals surface area contributed by atoms with Gasteiger partial charge in [-0.2, -0.15) is 0 Å². The number of rotatable bonds is 4. The molecule has 0 atom stereocenters. The van der Waals surface area contributed by atoms with Crippen LogP contribution >= 0.6 is 43.2 Å². The Bertz CT molecular complexity index is 622. The summed E-state index contributed by atoms with van der Waals surface area (Å²) in [6.07, 6.45) is 0. The van der Waals surface area contributed by atoms with Crippen molar-refractivity contribution in [1.82, 2.24) is 0 Å². The van der Waals surface area contributed by atoms with Crippen LogP contribution in [0.15, 0.2) is 31.8 Å². The van der Waals surface area contributed by atoms with Crippen LogP contribution in [-0.2, 0) is 0 Å². The maximum absolute atomic E-state index is 12.5. The Morgan fingerprint density at radius 1 is 1.11 bits per heavy atom. The second-order valence-electron chi connectivity index (χ2n) is 3.63. The molecule has 0 amide bonds. The molecule has 19 heavy (non-hydrogen) atoms. The number of carbonyl (C=O) groups is 1. The first kappa shape index (κ1) is 14.6. The van der Waals surface area contributed by atoms with E-state index in [4.69, 9.17) is 9.47 Å². The van der Waals surface area contributed by atoms with Crippen LogP contribution in [0.1, 0.15) is 15.9 Å². The molecule has 0 saturated heterocycles. The summed E-state index contributed by atoms with van der Waals surface area (Å²) in [6, 6.07) is 6.95. The Morgan fingerprint density at radius 2 is 1.84 bits per heavy atom. The molecule has 0 fully saturated rings. The second kappa shape index (κ2) is 6.07. The molecule has 6 heteroatoms. The first-order chi connectivity index (χ1) is 9.06. The molecule has 100 valence electrons. The number of thiophene rings is 1. The Kier molecular flexibility index (Phi) is 4.65. The van der Waals surface area contributed by atoms with Crippen molar-refractivity contribution in [3.05, 3.63) is 43.0 Å². The molecule has 0 spiro atoms. The minimum atomic E-state index is -0.107. The van der Waals surface area contributed by atoms with Gasteiger partial charge in [-0.15, -0.1) is 11.3 Å². The second-order valence-corrected chi connectivity index (χ2v) is 7.38. The summed E-state index contributed by atoms with van der Waals surface area (Å²) in [5, 5.41) is 0. The molecule has 0 bridgehead atoms. The summed E-state index contributed by atoms with van der Waals surface area (Å²) < 4.78 is 12.1. The third-order valence-corrected chi connectivity index (χ3v) is 4.89. The van der Waals surface area contributed by atoms with Crippen molar-refractivity contribution in [1.29, 1.82) is 0 Å². The number of ether oxygens (including phenoxy) is 2. The van der Waals surface area contributed by atoms with Gasteiger partial charge < -0.3 is 9.47 Å². The number of ketones is 1. The molecule has 0 unspecified atom stereocenters. The minimum absolute atomic E-state index is 0.107. The maximum atomic E-state index is 12.5. The van der Waals surface area contributed by atoms with Gasteiger partial charge in [-0.3, -0.25) is 4.79 Å². The molecule has 0 aliphatic rings. The highest BCUT2D eigenvalue weighted by molar-refractivity contribution is 9.12. The highest BCUT2D eigenvalue weighted by Gasteiger charge is 2.20. The van der Waals surface area contributed by atoms with Gasteiger partial charge in [-0.25, -0.2) is 0 Å². The topological polar surface area (TPSA) is 35.5 Å². The van der Waals surface area contributed by atoms with Gasteiger partial charge in [0, 0.05) is 5.56 Å². The highest BCUT2D eigenvalue weighted by Crippen LogP contribution is 2.35. The summed E-state index contributed by atoms with van der Waals surface area (Å²) in [5.41, 5.74) is 1.08. The molecular formula is C13H10Br2O3S. The largest absolute Gasteiger partial charge is 0.497 e. The van der Waals surface area contributed by atoms with Crippen LogP contribution in [0, 0.1) is 0 Å². The number of carbonyl (C=O) groups excluding carboxylic acids is 1. The molecule has 1 aromatic heterocycles. The van der Waals surface area contributed by atoms with E-state index in [0.29, 0.717) is 22.6 Å². The Morgan fingerprint density at radius 3 is 2.37 bits per heavy atom. The molecule has 1 heterocycles. The molecule has 0 aliphatic heterocycles. The van der Waals surface area contributed by atoms with E-state index in [0.717, 1.165) is 7.57 Å². The smallest absolute Gasteiger partial charge is 0.198 e. The van der Waals surface area contributed by atoms with Gasteiger partial charge in [-0.05, 0) is 56.1 Å². The first-order valence-corrected chi connectivity index (χ1v) is 7.68. The first-order valence-electron chi connectivity index (χ1n) is 5.28. The number of hydrogen-bond acceptors (Lipinski definition) is 4. The van der Waals surface area contributed by atoms with Crippen molar-refractivity contribution in [2.24, 2.45) is 0 Å². The lowest BCUT2D eigenvalue weighted by Gasteiger charge is -2.09. The van der Waals surface area contributed by atoms with Crippen LogP contribution in [-0.4, -0.2) is 20.0 Å². The summed E-state index contributed by atoms with van der Waals surface area (Å²) in [6.45, 7) is 0. The molecule has 0 aliphatic carbocycles. The molecule has 3 nitrogen and oxygen atoms in total. The van der Waals surface area contributed by atoms with Gasteiger partial charge in [0.1, 0.15) is 11.5 Å². The molecule has 0 N–H and O–H groups in total. The average molecular weight is 406 g/mol. The van der Waals surface area contributed by atoms with E-state index in [1.54, 1.807) is 31.4 Å². The van der Waals surface area contributed by atoms with Crippen LogP contribution in [0.4, 0.5) is 0 Å². The molecule has 2 aromatic rings. The zero-order valence-electron chi connectivity index (χ0n) is 10.2. The van der Waals surface area contributed by atoms with E-state index in [2.05, 4.69) is 31.9 Å². The Hall–Kier alpha value is -0.850. The fraction of sp³-hybridized carbons (Fsp3) is 0.154. The molecule has 1 aromatic carbocycles. The van der Waals surface area contributed by atoms with Crippen LogP contribution < -0.4 is 9.47 Å². The summed E-state index contributed by atoms with van der Waals surface area (Å²) in [5.74, 6) is 1.04. The number of halogens is 2. The van der Waals surface area contributed by atoms with E-state index < -0.39 is 0 Å². The Balaban J connectivity index is 2.51. The standard InChI is InChI=1S/C13H10Br2O3S/c1-17-7-3-4-10(18-2)8(5-7)12(16)9-6-11(14)19-13(9)15/h3-6H,1-2H3. The van der Waals surface area contributed by atoms with Gasteiger partial charge in [0.15, 0.2) is 5.78 Å². The fourth-order valence-electron chi connectivity index (χ4n) is 1.63. The monoisotopic (exact) mass is 404 g/mol. The summed E-state index contributed by atoms with van der Waals surface area (Å²) >= 11 is 8.22. The molecule has 0 radical (unpaired) electrons. The zero-order valence-corrected chi connectivity index (χ0v) is 14.2. The van der Waals surface area contributed by atoms with Crippen molar-refractivity contribution in [3.8, 4) is 11.5 Å². The van der Waals surface area contributed by atoms with Crippen molar-refractivity contribution in [2.45, 2.75) is 0 Å². The molecule has 0 saturated carbocycles. The third-order valence-electron chi connectivity index (χ3n) is 2.55. The van der Waals surface area contributed by atoms with Crippen LogP contribution in [0.25, 0.3) is 0 Å². The van der Waals surface area contributed by atoms with Crippen molar-refractivity contribution < 1.29 is 14.3 Å². The lowest BCUT2D eigenvalue weighted by atomic mass is 10.0. The maximum Gasteiger partial charge on any atom is 0.198 e. The zero-order chi connectivity index (χ0) is 14.0. The molecular weight excluding hydrogens is 396 g/mol. The predicted molar refractivity (Wildman–Crippen MR) is 82.7 cm³/mol. The third kappa shape index (κ3) is 3.01. The van der Waals surface area contributed by atoms with Crippen molar-refractivity contribution >= 4 is 49.0 Å². The SMILES string of the molecule is COc1ccc(OC)c(C(=O)c2cc(Br)sc2Br)c1. The lowest BCUT2D eigenvalue weighted by molar-refractivity contribution is 0.103. The van der Waals surface area contributed by atoms with E-state index in [1.807, 2.05) is 0 Å². The van der Waals surface area contributed by atoms with Gasteiger partial charge in [-0.1, -0.05) is 0 Å².